The largest absolute Gasteiger partial charge is 0.478 e. The number of alkyl halides is 3. The molecule has 0 saturated carbocycles. The molecule has 0 aliphatic heterocycles. The lowest BCUT2D eigenvalue weighted by Crippen LogP contribution is -2.09. The molecule has 0 aliphatic rings. The topological polar surface area (TPSA) is 66.4 Å². The molecule has 0 aromatic carbocycles. The van der Waals surface area contributed by atoms with Gasteiger partial charge in [-0.05, 0) is 12.5 Å². The van der Waals surface area contributed by atoms with Gasteiger partial charge >= 0.3 is 12.1 Å². The highest BCUT2D eigenvalue weighted by molar-refractivity contribution is 7.17. The Balaban J connectivity index is 3.40. The van der Waals surface area contributed by atoms with Gasteiger partial charge in [-0.3, -0.25) is 4.79 Å². The Kier molecular flexibility index (Phi) is 3.46. The normalized spacial score (nSPS) is 11.4. The number of aromatic carboxylic acids is 1. The quantitative estimate of drug-likeness (QED) is 0.865. The van der Waals surface area contributed by atoms with Crippen LogP contribution in [0.5, 0.6) is 0 Å². The van der Waals surface area contributed by atoms with E-state index in [1.807, 2.05) is 0 Å². The molecule has 2 N–H and O–H groups in total. The van der Waals surface area contributed by atoms with Crippen LogP contribution < -0.4 is 5.32 Å². The summed E-state index contributed by atoms with van der Waals surface area (Å²) in [7, 11) is 0. The van der Waals surface area contributed by atoms with Crippen LogP contribution in [0.1, 0.15) is 27.7 Å². The molecule has 0 atom stereocenters. The number of carboxylic acid groups (broad SMARTS) is 1. The van der Waals surface area contributed by atoms with Crippen molar-refractivity contribution in [1.82, 2.24) is 0 Å². The van der Waals surface area contributed by atoms with Crippen molar-refractivity contribution in [3.8, 4) is 0 Å². The lowest BCUT2D eigenvalue weighted by molar-refractivity contribution is -0.134. The van der Waals surface area contributed by atoms with Gasteiger partial charge in [0.2, 0.25) is 5.91 Å². The summed E-state index contributed by atoms with van der Waals surface area (Å²) in [6, 6.07) is 0. The number of thiophene rings is 1. The molecule has 94 valence electrons. The summed E-state index contributed by atoms with van der Waals surface area (Å²) < 4.78 is 37.6. The molecule has 1 rings (SSSR count). The van der Waals surface area contributed by atoms with Gasteiger partial charge in [0.15, 0.2) is 0 Å². The third-order valence-electron chi connectivity index (χ3n) is 1.91. The van der Waals surface area contributed by atoms with Crippen LogP contribution in [0.25, 0.3) is 0 Å². The van der Waals surface area contributed by atoms with E-state index in [0.29, 0.717) is 0 Å². The molecular weight excluding hydrogens is 259 g/mol. The Morgan fingerprint density at radius 1 is 1.35 bits per heavy atom. The Morgan fingerprint density at radius 2 is 1.88 bits per heavy atom. The van der Waals surface area contributed by atoms with E-state index in [2.05, 4.69) is 5.32 Å². The molecular formula is C9H8F3NO3S. The number of rotatable bonds is 2. The first-order valence-electron chi connectivity index (χ1n) is 4.36. The molecule has 1 heterocycles. The lowest BCUT2D eigenvalue weighted by atomic mass is 10.1. The standard InChI is InChI=1S/C9H8F3NO3S/c1-3-5(8(15)16)7(13-4(2)14)17-6(3)9(10,11)12/h1-2H3,(H,13,14)(H,15,16). The maximum atomic E-state index is 12.5. The maximum Gasteiger partial charge on any atom is 0.425 e. The molecule has 0 fully saturated rings. The van der Waals surface area contributed by atoms with E-state index < -0.39 is 34.1 Å². The number of anilines is 1. The Morgan fingerprint density at radius 3 is 2.24 bits per heavy atom. The summed E-state index contributed by atoms with van der Waals surface area (Å²) in [4.78, 5) is 20.6. The van der Waals surface area contributed by atoms with Crippen molar-refractivity contribution in [2.24, 2.45) is 0 Å². The molecule has 1 aromatic heterocycles. The van der Waals surface area contributed by atoms with Crippen LogP contribution in [0.2, 0.25) is 0 Å². The molecule has 0 spiro atoms. The van der Waals surface area contributed by atoms with Crippen molar-refractivity contribution < 1.29 is 27.9 Å². The summed E-state index contributed by atoms with van der Waals surface area (Å²) in [5.74, 6) is -2.12. The zero-order valence-electron chi connectivity index (χ0n) is 8.81. The van der Waals surface area contributed by atoms with E-state index in [0.717, 1.165) is 13.8 Å². The molecule has 4 nitrogen and oxygen atoms in total. The SMILES string of the molecule is CC(=O)Nc1sc(C(F)(F)F)c(C)c1C(=O)O. The molecule has 0 radical (unpaired) electrons. The monoisotopic (exact) mass is 267 g/mol. The molecule has 8 heteroatoms. The number of carbonyl (C=O) groups is 2. The Labute approximate surface area is 98.1 Å². The fourth-order valence-corrected chi connectivity index (χ4v) is 2.40. The Hall–Kier alpha value is -1.57. The minimum absolute atomic E-state index is 0.212. The Bertz CT molecular complexity index is 479. The first kappa shape index (κ1) is 13.5. The third kappa shape index (κ3) is 2.76. The van der Waals surface area contributed by atoms with Gasteiger partial charge in [-0.2, -0.15) is 13.2 Å². The first-order valence-corrected chi connectivity index (χ1v) is 5.17. The predicted molar refractivity (Wildman–Crippen MR) is 55.3 cm³/mol. The van der Waals surface area contributed by atoms with Crippen molar-refractivity contribution in [2.45, 2.75) is 20.0 Å². The van der Waals surface area contributed by atoms with Crippen LogP contribution in [0, 0.1) is 6.92 Å². The number of halogens is 3. The second-order valence-corrected chi connectivity index (χ2v) is 4.27. The number of nitrogens with one attached hydrogen (secondary N) is 1. The third-order valence-corrected chi connectivity index (χ3v) is 3.16. The summed E-state index contributed by atoms with van der Waals surface area (Å²) in [6.07, 6.45) is -4.63. The second kappa shape index (κ2) is 4.36. The van der Waals surface area contributed by atoms with Gasteiger partial charge in [-0.25, -0.2) is 4.79 Å². The van der Waals surface area contributed by atoms with E-state index in [1.54, 1.807) is 0 Å². The van der Waals surface area contributed by atoms with Gasteiger partial charge in [0, 0.05) is 6.92 Å². The van der Waals surface area contributed by atoms with Gasteiger partial charge in [-0.15, -0.1) is 11.3 Å². The smallest absolute Gasteiger partial charge is 0.425 e. The number of hydrogen-bond acceptors (Lipinski definition) is 3. The summed E-state index contributed by atoms with van der Waals surface area (Å²) >= 11 is 0.212. The van der Waals surface area contributed by atoms with Crippen molar-refractivity contribution in [2.75, 3.05) is 5.32 Å². The lowest BCUT2D eigenvalue weighted by Gasteiger charge is -2.03. The van der Waals surface area contributed by atoms with Crippen molar-refractivity contribution in [3.05, 3.63) is 16.0 Å². The maximum absolute atomic E-state index is 12.5. The van der Waals surface area contributed by atoms with E-state index in [1.165, 1.54) is 0 Å². The van der Waals surface area contributed by atoms with Crippen molar-refractivity contribution >= 4 is 28.2 Å². The van der Waals surface area contributed by atoms with E-state index in [9.17, 15) is 22.8 Å². The van der Waals surface area contributed by atoms with Gasteiger partial charge in [0.05, 0.1) is 5.56 Å². The zero-order valence-corrected chi connectivity index (χ0v) is 9.62. The fraction of sp³-hybridized carbons (Fsp3) is 0.333. The van der Waals surface area contributed by atoms with Crippen LogP contribution in [0.4, 0.5) is 18.2 Å². The molecule has 1 amide bonds. The van der Waals surface area contributed by atoms with E-state index in [4.69, 9.17) is 5.11 Å². The molecule has 0 saturated heterocycles. The molecule has 0 bridgehead atoms. The summed E-state index contributed by atoms with van der Waals surface area (Å²) in [5.41, 5.74) is -0.906. The summed E-state index contributed by atoms with van der Waals surface area (Å²) in [5, 5.41) is 10.6. The minimum Gasteiger partial charge on any atom is -0.478 e. The fourth-order valence-electron chi connectivity index (χ4n) is 1.29. The highest BCUT2D eigenvalue weighted by atomic mass is 32.1. The zero-order chi connectivity index (χ0) is 13.4. The van der Waals surface area contributed by atoms with Crippen LogP contribution in [0.3, 0.4) is 0 Å². The van der Waals surface area contributed by atoms with Gasteiger partial charge in [-0.1, -0.05) is 0 Å². The van der Waals surface area contributed by atoms with E-state index >= 15 is 0 Å². The highest BCUT2D eigenvalue weighted by Gasteiger charge is 2.38. The average Bonchev–Trinajstić information content (AvgIpc) is 2.40. The van der Waals surface area contributed by atoms with Crippen molar-refractivity contribution in [1.29, 1.82) is 0 Å². The van der Waals surface area contributed by atoms with Crippen LogP contribution in [-0.2, 0) is 11.0 Å². The first-order chi connectivity index (χ1) is 7.64. The van der Waals surface area contributed by atoms with Gasteiger partial charge in [0.1, 0.15) is 9.88 Å². The van der Waals surface area contributed by atoms with Crippen LogP contribution in [-0.4, -0.2) is 17.0 Å². The average molecular weight is 267 g/mol. The van der Waals surface area contributed by atoms with E-state index in [-0.39, 0.29) is 16.3 Å². The molecule has 1 aromatic rings. The number of hydrogen-bond donors (Lipinski definition) is 2. The molecule has 17 heavy (non-hydrogen) atoms. The second-order valence-electron chi connectivity index (χ2n) is 3.24. The highest BCUT2D eigenvalue weighted by Crippen LogP contribution is 2.42. The number of carbonyl (C=O) groups excluding carboxylic acids is 1. The van der Waals surface area contributed by atoms with Crippen molar-refractivity contribution in [3.63, 3.8) is 0 Å². The molecule has 0 unspecified atom stereocenters. The van der Waals surface area contributed by atoms with Gasteiger partial charge < -0.3 is 10.4 Å². The predicted octanol–water partition coefficient (Wildman–Crippen LogP) is 2.73. The number of amides is 1. The molecule has 0 aliphatic carbocycles. The van der Waals surface area contributed by atoms with Gasteiger partial charge in [0.25, 0.3) is 0 Å². The summed E-state index contributed by atoms with van der Waals surface area (Å²) in [6.45, 7) is 2.15. The van der Waals surface area contributed by atoms with Crippen LogP contribution >= 0.6 is 11.3 Å². The minimum atomic E-state index is -4.63. The number of carboxylic acids is 1. The van der Waals surface area contributed by atoms with Crippen LogP contribution in [0.15, 0.2) is 0 Å².